The van der Waals surface area contributed by atoms with Crippen molar-refractivity contribution in [3.8, 4) is 0 Å². The second kappa shape index (κ2) is 8.99. The van der Waals surface area contributed by atoms with Gasteiger partial charge < -0.3 is 21.1 Å². The Hall–Kier alpha value is -3.71. The molecule has 0 radical (unpaired) electrons. The molecule has 7 nitrogen and oxygen atoms in total. The lowest BCUT2D eigenvalue weighted by molar-refractivity contribution is -0.126. The average molecular weight is 390 g/mol. The molecule has 148 valence electrons. The third-order valence-corrected chi connectivity index (χ3v) is 4.42. The van der Waals surface area contributed by atoms with Crippen LogP contribution in [0.2, 0.25) is 0 Å². The van der Waals surface area contributed by atoms with Gasteiger partial charge in [-0.25, -0.2) is 0 Å². The van der Waals surface area contributed by atoms with Gasteiger partial charge in [0.15, 0.2) is 6.10 Å². The maximum absolute atomic E-state index is 12.6. The number of carbonyl (C=O) groups is 2. The highest BCUT2D eigenvalue weighted by molar-refractivity contribution is 6.06. The predicted molar refractivity (Wildman–Crippen MR) is 113 cm³/mol. The van der Waals surface area contributed by atoms with Crippen molar-refractivity contribution in [2.24, 2.45) is 0 Å². The van der Waals surface area contributed by atoms with Gasteiger partial charge in [-0.05, 0) is 48.9 Å². The molecule has 0 saturated heterocycles. The van der Waals surface area contributed by atoms with Crippen LogP contribution in [0.15, 0.2) is 67.0 Å². The number of hydrogen-bond acceptors (Lipinski definition) is 5. The van der Waals surface area contributed by atoms with Crippen LogP contribution in [0.4, 0.5) is 17.1 Å². The van der Waals surface area contributed by atoms with Crippen molar-refractivity contribution < 1.29 is 14.3 Å². The molecular formula is C22H22N4O3. The molecule has 1 atom stereocenters. The molecular weight excluding hydrogens is 368 g/mol. The topological polar surface area (TPSA) is 106 Å². The summed E-state index contributed by atoms with van der Waals surface area (Å²) in [4.78, 5) is 29.2. The van der Waals surface area contributed by atoms with E-state index >= 15 is 0 Å². The second-order valence-electron chi connectivity index (χ2n) is 6.46. The van der Waals surface area contributed by atoms with Gasteiger partial charge in [-0.3, -0.25) is 14.6 Å². The minimum absolute atomic E-state index is 0.283. The van der Waals surface area contributed by atoms with Crippen molar-refractivity contribution in [3.63, 3.8) is 0 Å². The molecule has 1 heterocycles. The van der Waals surface area contributed by atoms with Crippen molar-refractivity contribution in [2.45, 2.75) is 13.0 Å². The van der Waals surface area contributed by atoms with Gasteiger partial charge in [0.25, 0.3) is 11.8 Å². The highest BCUT2D eigenvalue weighted by atomic mass is 16.5. The molecule has 1 aromatic heterocycles. The molecule has 0 saturated carbocycles. The minimum Gasteiger partial charge on any atom is -0.397 e. The van der Waals surface area contributed by atoms with Crippen molar-refractivity contribution in [2.75, 3.05) is 23.5 Å². The Kier molecular flexibility index (Phi) is 6.21. The molecule has 0 aliphatic carbocycles. The summed E-state index contributed by atoms with van der Waals surface area (Å²) in [5.74, 6) is -0.605. The van der Waals surface area contributed by atoms with Crippen LogP contribution in [0, 0.1) is 6.92 Å². The Morgan fingerprint density at radius 1 is 1.03 bits per heavy atom. The number of benzene rings is 2. The summed E-state index contributed by atoms with van der Waals surface area (Å²) in [5.41, 5.74) is 9.35. The van der Waals surface area contributed by atoms with Crippen LogP contribution in [0.5, 0.6) is 0 Å². The minimum atomic E-state index is -0.785. The number of hydrogen-bond donors (Lipinski definition) is 3. The molecule has 4 N–H and O–H groups in total. The number of rotatable bonds is 6. The standard InChI is InChI=1S/C22H22N4O3/c1-14-12-15(21(27)26-19-8-4-3-7-17(19)23)9-10-18(14)25-22(28)20(29-2)16-6-5-11-24-13-16/h3-13,20H,23H2,1-2H3,(H,25,28)(H,26,27). The molecule has 3 rings (SSSR count). The fourth-order valence-electron chi connectivity index (χ4n) is 2.87. The van der Waals surface area contributed by atoms with E-state index in [2.05, 4.69) is 15.6 Å². The molecule has 0 aliphatic heterocycles. The number of ether oxygens (including phenoxy) is 1. The largest absolute Gasteiger partial charge is 0.397 e. The molecule has 0 bridgehead atoms. The molecule has 0 spiro atoms. The maximum Gasteiger partial charge on any atom is 0.258 e. The summed E-state index contributed by atoms with van der Waals surface area (Å²) in [6.07, 6.45) is 2.43. The van der Waals surface area contributed by atoms with Gasteiger partial charge in [-0.1, -0.05) is 18.2 Å². The van der Waals surface area contributed by atoms with Crippen LogP contribution in [-0.2, 0) is 9.53 Å². The van der Waals surface area contributed by atoms with Gasteiger partial charge in [-0.2, -0.15) is 0 Å². The van der Waals surface area contributed by atoms with E-state index in [1.807, 2.05) is 6.92 Å². The van der Waals surface area contributed by atoms with E-state index in [1.54, 1.807) is 67.0 Å². The Morgan fingerprint density at radius 2 is 1.83 bits per heavy atom. The molecule has 0 fully saturated rings. The Morgan fingerprint density at radius 3 is 2.48 bits per heavy atom. The number of aryl methyl sites for hydroxylation is 1. The number of carbonyl (C=O) groups excluding carboxylic acids is 2. The molecule has 2 amide bonds. The van der Waals surface area contributed by atoms with E-state index in [1.165, 1.54) is 7.11 Å². The number of nitrogens with one attached hydrogen (secondary N) is 2. The first-order valence-corrected chi connectivity index (χ1v) is 8.99. The first-order valence-electron chi connectivity index (χ1n) is 8.99. The average Bonchev–Trinajstić information content (AvgIpc) is 2.72. The van der Waals surface area contributed by atoms with Crippen LogP contribution < -0.4 is 16.4 Å². The van der Waals surface area contributed by atoms with Crippen molar-refractivity contribution in [1.29, 1.82) is 0 Å². The van der Waals surface area contributed by atoms with Crippen LogP contribution in [0.1, 0.15) is 27.6 Å². The molecule has 7 heteroatoms. The van der Waals surface area contributed by atoms with Gasteiger partial charge in [0.05, 0.1) is 11.4 Å². The Labute approximate surface area is 168 Å². The third kappa shape index (κ3) is 4.77. The fraction of sp³-hybridized carbons (Fsp3) is 0.136. The fourth-order valence-corrected chi connectivity index (χ4v) is 2.87. The number of nitrogens with zero attached hydrogens (tertiary/aromatic N) is 1. The zero-order valence-corrected chi connectivity index (χ0v) is 16.2. The van der Waals surface area contributed by atoms with E-state index in [0.29, 0.717) is 28.2 Å². The van der Waals surface area contributed by atoms with Gasteiger partial charge in [0, 0.05) is 36.3 Å². The van der Waals surface area contributed by atoms with Crippen molar-refractivity contribution in [3.05, 3.63) is 83.7 Å². The van der Waals surface area contributed by atoms with Crippen molar-refractivity contribution >= 4 is 28.9 Å². The Balaban J connectivity index is 1.73. The predicted octanol–water partition coefficient (Wildman–Crippen LogP) is 3.55. The van der Waals surface area contributed by atoms with Crippen LogP contribution in [-0.4, -0.2) is 23.9 Å². The lowest BCUT2D eigenvalue weighted by Gasteiger charge is -2.17. The Bertz CT molecular complexity index is 1020. The molecule has 29 heavy (non-hydrogen) atoms. The number of para-hydroxylation sites is 2. The van der Waals surface area contributed by atoms with E-state index in [4.69, 9.17) is 10.5 Å². The monoisotopic (exact) mass is 390 g/mol. The normalized spacial score (nSPS) is 11.5. The van der Waals surface area contributed by atoms with E-state index in [9.17, 15) is 9.59 Å². The summed E-state index contributed by atoms with van der Waals surface area (Å²) in [6, 6.07) is 15.6. The number of nitrogens with two attached hydrogens (primary N) is 1. The molecule has 2 aromatic carbocycles. The summed E-state index contributed by atoms with van der Waals surface area (Å²) in [6.45, 7) is 1.81. The smallest absolute Gasteiger partial charge is 0.258 e. The zero-order valence-electron chi connectivity index (χ0n) is 16.2. The molecule has 3 aromatic rings. The van der Waals surface area contributed by atoms with E-state index < -0.39 is 6.10 Å². The van der Waals surface area contributed by atoms with Gasteiger partial charge in [0.1, 0.15) is 0 Å². The summed E-state index contributed by atoms with van der Waals surface area (Å²) in [5, 5.41) is 5.63. The zero-order chi connectivity index (χ0) is 20.8. The van der Waals surface area contributed by atoms with Crippen LogP contribution in [0.3, 0.4) is 0 Å². The number of pyridine rings is 1. The van der Waals surface area contributed by atoms with Crippen LogP contribution in [0.25, 0.3) is 0 Å². The number of anilines is 3. The highest BCUT2D eigenvalue weighted by Gasteiger charge is 2.21. The van der Waals surface area contributed by atoms with Gasteiger partial charge in [0.2, 0.25) is 0 Å². The quantitative estimate of drug-likeness (QED) is 0.558. The third-order valence-electron chi connectivity index (χ3n) is 4.42. The van der Waals surface area contributed by atoms with E-state index in [-0.39, 0.29) is 11.8 Å². The van der Waals surface area contributed by atoms with Gasteiger partial charge >= 0.3 is 0 Å². The van der Waals surface area contributed by atoms with Crippen molar-refractivity contribution in [1.82, 2.24) is 4.98 Å². The SMILES string of the molecule is COC(C(=O)Nc1ccc(C(=O)Nc2ccccc2N)cc1C)c1cccnc1. The number of methoxy groups -OCH3 is 1. The summed E-state index contributed by atoms with van der Waals surface area (Å²) in [7, 11) is 1.47. The lowest BCUT2D eigenvalue weighted by atomic mass is 10.1. The molecule has 1 unspecified atom stereocenters. The first kappa shape index (κ1) is 20.0. The summed E-state index contributed by atoms with van der Waals surface area (Å²) < 4.78 is 5.32. The van der Waals surface area contributed by atoms with Crippen LogP contribution >= 0.6 is 0 Å². The first-order chi connectivity index (χ1) is 14.0. The second-order valence-corrected chi connectivity index (χ2v) is 6.46. The molecule has 0 aliphatic rings. The number of aromatic nitrogens is 1. The maximum atomic E-state index is 12.6. The van der Waals surface area contributed by atoms with Gasteiger partial charge in [-0.15, -0.1) is 0 Å². The number of amides is 2. The lowest BCUT2D eigenvalue weighted by Crippen LogP contribution is -2.23. The van der Waals surface area contributed by atoms with E-state index in [0.717, 1.165) is 5.56 Å². The number of nitrogen functional groups attached to an aromatic ring is 1. The highest BCUT2D eigenvalue weighted by Crippen LogP contribution is 2.23. The summed E-state index contributed by atoms with van der Waals surface area (Å²) >= 11 is 0.